The predicted octanol–water partition coefficient (Wildman–Crippen LogP) is 2.54. The van der Waals surface area contributed by atoms with Crippen LogP contribution in [-0.4, -0.2) is 13.9 Å². The van der Waals surface area contributed by atoms with E-state index in [0.717, 1.165) is 6.07 Å². The Labute approximate surface area is 116 Å². The minimum Gasteiger partial charge on any atom is -0.422 e. The summed E-state index contributed by atoms with van der Waals surface area (Å²) in [5.41, 5.74) is -6.25. The molecular weight excluding hydrogens is 313 g/mol. The quantitative estimate of drug-likeness (QED) is 0.642. The molecule has 2 aromatic rings. The molecule has 0 saturated carbocycles. The zero-order valence-corrected chi connectivity index (χ0v) is 10.9. The monoisotopic (exact) mass is 320 g/mol. The average Bonchev–Trinajstić information content (AvgIpc) is 2.37. The fraction of sp³-hybridized carbons (Fsp3) is 0.0833. The van der Waals surface area contributed by atoms with Crippen LogP contribution in [0.25, 0.3) is 11.3 Å². The van der Waals surface area contributed by atoms with E-state index >= 15 is 0 Å². The van der Waals surface area contributed by atoms with Gasteiger partial charge in [0.05, 0.1) is 6.07 Å². The van der Waals surface area contributed by atoms with Crippen LogP contribution in [0.5, 0.6) is 5.75 Å². The van der Waals surface area contributed by atoms with Gasteiger partial charge in [-0.3, -0.25) is 0 Å². The van der Waals surface area contributed by atoms with Gasteiger partial charge in [-0.15, -0.1) is 0 Å². The lowest BCUT2D eigenvalue weighted by molar-refractivity contribution is -0.0500. The summed E-state index contributed by atoms with van der Waals surface area (Å²) in [6.45, 7) is 0. The first-order valence-corrected chi connectivity index (χ1v) is 6.81. The molecule has 1 aromatic heterocycles. The van der Waals surface area contributed by atoms with Crippen molar-refractivity contribution in [3.8, 4) is 17.1 Å². The maximum Gasteiger partial charge on any atom is 0.534 e. The van der Waals surface area contributed by atoms with Crippen LogP contribution in [0.1, 0.15) is 0 Å². The Bertz CT molecular complexity index is 794. The van der Waals surface area contributed by atoms with Gasteiger partial charge >= 0.3 is 21.3 Å². The van der Waals surface area contributed by atoms with Gasteiger partial charge < -0.3 is 8.60 Å². The van der Waals surface area contributed by atoms with Crippen molar-refractivity contribution in [2.45, 2.75) is 5.51 Å². The fourth-order valence-electron chi connectivity index (χ4n) is 1.42. The van der Waals surface area contributed by atoms with Crippen molar-refractivity contribution in [3.05, 3.63) is 52.9 Å². The lowest BCUT2D eigenvalue weighted by Gasteiger charge is -2.09. The number of halogens is 3. The molecular formula is C12H7F3O5S. The molecule has 0 N–H and O–H groups in total. The van der Waals surface area contributed by atoms with Crippen molar-refractivity contribution < 1.29 is 30.2 Å². The van der Waals surface area contributed by atoms with Crippen molar-refractivity contribution in [2.24, 2.45) is 0 Å². The van der Waals surface area contributed by atoms with E-state index in [0.29, 0.717) is 11.6 Å². The zero-order chi connectivity index (χ0) is 15.7. The van der Waals surface area contributed by atoms with Crippen LogP contribution in [0.15, 0.2) is 51.7 Å². The molecule has 0 atom stereocenters. The molecule has 0 unspecified atom stereocenters. The summed E-state index contributed by atoms with van der Waals surface area (Å²) in [5, 5.41) is 0. The van der Waals surface area contributed by atoms with Gasteiger partial charge in [0, 0.05) is 11.6 Å². The molecule has 0 aliphatic carbocycles. The second-order valence-corrected chi connectivity index (χ2v) is 5.36. The van der Waals surface area contributed by atoms with E-state index in [9.17, 15) is 26.4 Å². The first kappa shape index (κ1) is 15.1. The van der Waals surface area contributed by atoms with Crippen LogP contribution < -0.4 is 9.81 Å². The van der Waals surface area contributed by atoms with E-state index in [1.165, 1.54) is 12.1 Å². The van der Waals surface area contributed by atoms with Crippen molar-refractivity contribution in [1.29, 1.82) is 0 Å². The molecule has 0 spiro atoms. The van der Waals surface area contributed by atoms with Crippen LogP contribution in [0.4, 0.5) is 13.2 Å². The third-order valence-corrected chi connectivity index (χ3v) is 3.27. The van der Waals surface area contributed by atoms with Gasteiger partial charge in [0.25, 0.3) is 0 Å². The summed E-state index contributed by atoms with van der Waals surface area (Å²) < 4.78 is 67.2. The molecule has 9 heteroatoms. The molecule has 1 aromatic carbocycles. The Kier molecular flexibility index (Phi) is 3.77. The summed E-state index contributed by atoms with van der Waals surface area (Å²) in [7, 11) is -5.85. The molecule has 0 fully saturated rings. The second kappa shape index (κ2) is 5.24. The highest BCUT2D eigenvalue weighted by Crippen LogP contribution is 2.28. The number of hydrogen-bond acceptors (Lipinski definition) is 5. The molecule has 0 bridgehead atoms. The van der Waals surface area contributed by atoms with Crippen molar-refractivity contribution in [1.82, 2.24) is 0 Å². The van der Waals surface area contributed by atoms with E-state index in [2.05, 4.69) is 4.18 Å². The molecule has 0 amide bonds. The van der Waals surface area contributed by atoms with Crippen LogP contribution in [0.2, 0.25) is 0 Å². The standard InChI is InChI=1S/C12H7F3O5S/c13-12(14,15)21(17,18)20-9-6-10(19-11(16)7-9)8-4-2-1-3-5-8/h1-7H. The average molecular weight is 320 g/mol. The summed E-state index contributed by atoms with van der Waals surface area (Å²) in [5.74, 6) is -0.891. The van der Waals surface area contributed by atoms with Crippen molar-refractivity contribution in [3.63, 3.8) is 0 Å². The van der Waals surface area contributed by atoms with Crippen molar-refractivity contribution in [2.75, 3.05) is 0 Å². The molecule has 1 heterocycles. The first-order valence-electron chi connectivity index (χ1n) is 5.40. The molecule has 0 saturated heterocycles. The minimum atomic E-state index is -5.85. The molecule has 0 radical (unpaired) electrons. The van der Waals surface area contributed by atoms with Gasteiger partial charge in [-0.25, -0.2) is 4.79 Å². The van der Waals surface area contributed by atoms with E-state index in [1.54, 1.807) is 18.2 Å². The summed E-state index contributed by atoms with van der Waals surface area (Å²) in [6.07, 6.45) is 0. The third kappa shape index (κ3) is 3.43. The molecule has 0 aliphatic heterocycles. The van der Waals surface area contributed by atoms with Crippen LogP contribution in [-0.2, 0) is 10.1 Å². The number of benzene rings is 1. The lowest BCUT2D eigenvalue weighted by Crippen LogP contribution is -2.28. The Morgan fingerprint density at radius 1 is 1.05 bits per heavy atom. The largest absolute Gasteiger partial charge is 0.534 e. The predicted molar refractivity (Wildman–Crippen MR) is 66.0 cm³/mol. The van der Waals surface area contributed by atoms with Gasteiger partial charge in [-0.1, -0.05) is 30.3 Å². The molecule has 21 heavy (non-hydrogen) atoms. The van der Waals surface area contributed by atoms with Crippen LogP contribution in [0, 0.1) is 0 Å². The zero-order valence-electron chi connectivity index (χ0n) is 10.1. The molecule has 112 valence electrons. The second-order valence-electron chi connectivity index (χ2n) is 3.83. The Morgan fingerprint density at radius 3 is 2.24 bits per heavy atom. The summed E-state index contributed by atoms with van der Waals surface area (Å²) in [6, 6.07) is 9.34. The van der Waals surface area contributed by atoms with E-state index in [4.69, 9.17) is 4.42 Å². The number of rotatable bonds is 3. The van der Waals surface area contributed by atoms with E-state index in [1.807, 2.05) is 0 Å². The van der Waals surface area contributed by atoms with Gasteiger partial charge in [0.1, 0.15) is 5.76 Å². The maximum atomic E-state index is 12.2. The summed E-state index contributed by atoms with van der Waals surface area (Å²) in [4.78, 5) is 11.3. The maximum absolute atomic E-state index is 12.2. The fourth-order valence-corrected chi connectivity index (χ4v) is 1.87. The Balaban J connectivity index is 2.44. The first-order chi connectivity index (χ1) is 9.69. The normalized spacial score (nSPS) is 12.1. The van der Waals surface area contributed by atoms with Gasteiger partial charge in [-0.05, 0) is 0 Å². The SMILES string of the molecule is O=c1cc(OS(=O)(=O)C(F)(F)F)cc(-c2ccccc2)o1. The lowest BCUT2D eigenvalue weighted by atomic mass is 10.1. The van der Waals surface area contributed by atoms with E-state index < -0.39 is 27.0 Å². The third-order valence-electron chi connectivity index (χ3n) is 2.29. The highest BCUT2D eigenvalue weighted by Gasteiger charge is 2.48. The smallest absolute Gasteiger partial charge is 0.422 e. The Morgan fingerprint density at radius 2 is 1.67 bits per heavy atom. The highest BCUT2D eigenvalue weighted by molar-refractivity contribution is 7.88. The number of hydrogen-bond donors (Lipinski definition) is 0. The van der Waals surface area contributed by atoms with Crippen LogP contribution in [0.3, 0.4) is 0 Å². The van der Waals surface area contributed by atoms with E-state index in [-0.39, 0.29) is 5.76 Å². The van der Waals surface area contributed by atoms with Gasteiger partial charge in [0.15, 0.2) is 5.75 Å². The molecule has 5 nitrogen and oxygen atoms in total. The molecule has 2 rings (SSSR count). The van der Waals surface area contributed by atoms with Crippen LogP contribution >= 0.6 is 0 Å². The minimum absolute atomic E-state index is 0.115. The highest BCUT2D eigenvalue weighted by atomic mass is 32.2. The Hall–Kier alpha value is -2.29. The van der Waals surface area contributed by atoms with Gasteiger partial charge in [0.2, 0.25) is 0 Å². The summed E-state index contributed by atoms with van der Waals surface area (Å²) >= 11 is 0. The van der Waals surface area contributed by atoms with Crippen molar-refractivity contribution >= 4 is 10.1 Å². The molecule has 0 aliphatic rings. The number of alkyl halides is 3. The topological polar surface area (TPSA) is 73.6 Å². The van der Waals surface area contributed by atoms with Gasteiger partial charge in [-0.2, -0.15) is 21.6 Å².